The first kappa shape index (κ1) is 15.6. The van der Waals surface area contributed by atoms with E-state index in [0.717, 1.165) is 17.8 Å². The van der Waals surface area contributed by atoms with Crippen LogP contribution in [-0.2, 0) is 4.79 Å². The molecular formula is C18H21N3O. The number of carbonyl (C=O) groups excluding carboxylic acids is 1. The molecule has 0 aliphatic carbocycles. The molecule has 0 saturated heterocycles. The number of carbonyl (C=O) groups is 1. The Bertz CT molecular complexity index is 582. The average Bonchev–Trinajstić information content (AvgIpc) is 2.56. The first-order valence-electron chi connectivity index (χ1n) is 7.35. The van der Waals surface area contributed by atoms with Crippen LogP contribution in [0.2, 0.25) is 0 Å². The minimum Gasteiger partial charge on any atom is -0.277 e. The summed E-state index contributed by atoms with van der Waals surface area (Å²) in [5.41, 5.74) is 8.56. The summed E-state index contributed by atoms with van der Waals surface area (Å²) >= 11 is 0. The third-order valence-electron chi connectivity index (χ3n) is 3.08. The zero-order valence-electron chi connectivity index (χ0n) is 12.9. The van der Waals surface area contributed by atoms with Gasteiger partial charge in [0.05, 0.1) is 11.4 Å². The van der Waals surface area contributed by atoms with Crippen LogP contribution in [0, 0.1) is 0 Å². The maximum absolute atomic E-state index is 12.6. The highest BCUT2D eigenvalue weighted by Crippen LogP contribution is 2.13. The summed E-state index contributed by atoms with van der Waals surface area (Å²) in [5, 5.41) is 1.41. The number of hydrazine groups is 2. The number of allylic oxidation sites excluding steroid dienone is 1. The van der Waals surface area contributed by atoms with E-state index in [1.165, 1.54) is 5.12 Å². The lowest BCUT2D eigenvalue weighted by atomic mass is 10.2. The van der Waals surface area contributed by atoms with Gasteiger partial charge in [0.1, 0.15) is 0 Å². The Kier molecular flexibility index (Phi) is 5.60. The van der Waals surface area contributed by atoms with Crippen molar-refractivity contribution in [3.63, 3.8) is 0 Å². The maximum Gasteiger partial charge on any atom is 0.286 e. The molecule has 2 N–H and O–H groups in total. The van der Waals surface area contributed by atoms with Crippen LogP contribution in [0.15, 0.2) is 72.3 Å². The lowest BCUT2D eigenvalue weighted by Gasteiger charge is -2.26. The first-order chi connectivity index (χ1) is 10.7. The van der Waals surface area contributed by atoms with Crippen molar-refractivity contribution in [2.75, 3.05) is 10.9 Å². The molecule has 0 aromatic heterocycles. The predicted molar refractivity (Wildman–Crippen MR) is 91.0 cm³/mol. The SMILES string of the molecule is CCC=C(C)C(=O)N(Nc1ccccc1)Nc1ccccc1. The number of nitrogens with zero attached hydrogens (tertiary/aromatic N) is 1. The molecule has 4 heteroatoms. The highest BCUT2D eigenvalue weighted by Gasteiger charge is 2.15. The molecule has 0 atom stereocenters. The van der Waals surface area contributed by atoms with E-state index in [0.29, 0.717) is 5.57 Å². The number of rotatable bonds is 6. The third-order valence-corrected chi connectivity index (χ3v) is 3.08. The maximum atomic E-state index is 12.6. The monoisotopic (exact) mass is 295 g/mol. The molecule has 2 aromatic rings. The van der Waals surface area contributed by atoms with Crippen LogP contribution >= 0.6 is 0 Å². The molecule has 4 nitrogen and oxygen atoms in total. The third kappa shape index (κ3) is 4.38. The molecular weight excluding hydrogens is 274 g/mol. The number of hydrogen-bond acceptors (Lipinski definition) is 3. The van der Waals surface area contributed by atoms with E-state index in [1.807, 2.05) is 80.6 Å². The van der Waals surface area contributed by atoms with Crippen molar-refractivity contribution in [2.24, 2.45) is 0 Å². The second-order valence-corrected chi connectivity index (χ2v) is 4.89. The Morgan fingerprint density at radius 2 is 1.41 bits per heavy atom. The largest absolute Gasteiger partial charge is 0.286 e. The Morgan fingerprint density at radius 3 is 1.82 bits per heavy atom. The lowest BCUT2D eigenvalue weighted by molar-refractivity contribution is -0.124. The Morgan fingerprint density at radius 1 is 0.955 bits per heavy atom. The average molecular weight is 295 g/mol. The van der Waals surface area contributed by atoms with Crippen molar-refractivity contribution in [3.8, 4) is 0 Å². The van der Waals surface area contributed by atoms with E-state index in [4.69, 9.17) is 0 Å². The zero-order chi connectivity index (χ0) is 15.8. The van der Waals surface area contributed by atoms with Gasteiger partial charge >= 0.3 is 0 Å². The summed E-state index contributed by atoms with van der Waals surface area (Å²) in [6.07, 6.45) is 2.73. The van der Waals surface area contributed by atoms with Gasteiger partial charge < -0.3 is 0 Å². The highest BCUT2D eigenvalue weighted by molar-refractivity contribution is 5.94. The predicted octanol–water partition coefficient (Wildman–Crippen LogP) is 4.23. The molecule has 2 aromatic carbocycles. The molecule has 0 unspecified atom stereocenters. The van der Waals surface area contributed by atoms with Gasteiger partial charge in [0.2, 0.25) is 0 Å². The summed E-state index contributed by atoms with van der Waals surface area (Å²) in [4.78, 5) is 12.6. The molecule has 1 amide bonds. The van der Waals surface area contributed by atoms with Crippen molar-refractivity contribution in [3.05, 3.63) is 72.3 Å². The van der Waals surface area contributed by atoms with Crippen molar-refractivity contribution >= 4 is 17.3 Å². The van der Waals surface area contributed by atoms with Crippen LogP contribution in [-0.4, -0.2) is 11.0 Å². The Labute approximate surface area is 131 Å². The van der Waals surface area contributed by atoms with Crippen LogP contribution in [0.3, 0.4) is 0 Å². The Balaban J connectivity index is 2.20. The second kappa shape index (κ2) is 7.88. The van der Waals surface area contributed by atoms with E-state index in [9.17, 15) is 4.79 Å². The van der Waals surface area contributed by atoms with Gasteiger partial charge in [-0.3, -0.25) is 15.6 Å². The summed E-state index contributed by atoms with van der Waals surface area (Å²) in [5.74, 6) is -0.116. The molecule has 2 rings (SSSR count). The topological polar surface area (TPSA) is 44.4 Å². The molecule has 0 saturated carbocycles. The van der Waals surface area contributed by atoms with E-state index in [-0.39, 0.29) is 5.91 Å². The normalized spacial score (nSPS) is 10.9. The number of benzene rings is 2. The van der Waals surface area contributed by atoms with Gasteiger partial charge in [-0.2, -0.15) is 5.12 Å². The van der Waals surface area contributed by atoms with Crippen LogP contribution in [0.25, 0.3) is 0 Å². The van der Waals surface area contributed by atoms with Crippen molar-refractivity contribution in [1.29, 1.82) is 0 Å². The van der Waals surface area contributed by atoms with Gasteiger partial charge in [-0.05, 0) is 37.6 Å². The fourth-order valence-electron chi connectivity index (χ4n) is 1.98. The van der Waals surface area contributed by atoms with Gasteiger partial charge in [0.15, 0.2) is 0 Å². The summed E-state index contributed by atoms with van der Waals surface area (Å²) in [7, 11) is 0. The summed E-state index contributed by atoms with van der Waals surface area (Å²) in [6, 6.07) is 19.2. The Hall–Kier alpha value is -2.75. The lowest BCUT2D eigenvalue weighted by Crippen LogP contribution is -2.41. The highest BCUT2D eigenvalue weighted by atomic mass is 16.2. The minimum atomic E-state index is -0.116. The molecule has 0 radical (unpaired) electrons. The van der Waals surface area contributed by atoms with E-state index in [1.54, 1.807) is 0 Å². The van der Waals surface area contributed by atoms with Crippen LogP contribution in [0.1, 0.15) is 20.3 Å². The van der Waals surface area contributed by atoms with Crippen molar-refractivity contribution in [2.45, 2.75) is 20.3 Å². The number of anilines is 2. The van der Waals surface area contributed by atoms with Crippen LogP contribution < -0.4 is 10.9 Å². The first-order valence-corrected chi connectivity index (χ1v) is 7.35. The van der Waals surface area contributed by atoms with Gasteiger partial charge in [0, 0.05) is 5.57 Å². The standard InChI is InChI=1S/C18H21N3O/c1-3-10-15(2)18(22)21(19-16-11-6-4-7-12-16)20-17-13-8-5-9-14-17/h4-14,19-20H,3H2,1-2H3. The van der Waals surface area contributed by atoms with Crippen molar-refractivity contribution < 1.29 is 4.79 Å². The van der Waals surface area contributed by atoms with Crippen LogP contribution in [0.4, 0.5) is 11.4 Å². The smallest absolute Gasteiger partial charge is 0.277 e. The minimum absolute atomic E-state index is 0.116. The molecule has 0 aliphatic rings. The van der Waals surface area contributed by atoms with Gasteiger partial charge in [-0.25, -0.2) is 0 Å². The van der Waals surface area contributed by atoms with Gasteiger partial charge in [-0.1, -0.05) is 49.4 Å². The van der Waals surface area contributed by atoms with Crippen molar-refractivity contribution in [1.82, 2.24) is 5.12 Å². The number of amides is 1. The zero-order valence-corrected chi connectivity index (χ0v) is 12.9. The fourth-order valence-corrected chi connectivity index (χ4v) is 1.98. The molecule has 0 aliphatic heterocycles. The quantitative estimate of drug-likeness (QED) is 0.619. The number of hydrogen-bond donors (Lipinski definition) is 2. The summed E-state index contributed by atoms with van der Waals surface area (Å²) in [6.45, 7) is 3.83. The fraction of sp³-hybridized carbons (Fsp3) is 0.167. The second-order valence-electron chi connectivity index (χ2n) is 4.89. The van der Waals surface area contributed by atoms with Gasteiger partial charge in [0.25, 0.3) is 5.91 Å². The van der Waals surface area contributed by atoms with Gasteiger partial charge in [-0.15, -0.1) is 0 Å². The molecule has 0 bridgehead atoms. The summed E-state index contributed by atoms with van der Waals surface area (Å²) < 4.78 is 0. The molecule has 0 heterocycles. The molecule has 22 heavy (non-hydrogen) atoms. The van der Waals surface area contributed by atoms with Crippen LogP contribution in [0.5, 0.6) is 0 Å². The molecule has 114 valence electrons. The van der Waals surface area contributed by atoms with E-state index < -0.39 is 0 Å². The van der Waals surface area contributed by atoms with E-state index >= 15 is 0 Å². The number of nitrogens with one attached hydrogen (secondary N) is 2. The number of para-hydroxylation sites is 2. The molecule has 0 fully saturated rings. The molecule has 0 spiro atoms. The van der Waals surface area contributed by atoms with E-state index in [2.05, 4.69) is 10.9 Å².